The highest BCUT2D eigenvalue weighted by atomic mass is 15.3. The Morgan fingerprint density at radius 1 is 1.19 bits per heavy atom. The molecule has 4 nitrogen and oxygen atoms in total. The van der Waals surface area contributed by atoms with E-state index >= 15 is 0 Å². The second kappa shape index (κ2) is 3.28. The van der Waals surface area contributed by atoms with Crippen LogP contribution in [0, 0.1) is 0 Å². The molecule has 3 heterocycles. The van der Waals surface area contributed by atoms with E-state index in [0.717, 1.165) is 24.5 Å². The number of para-hydroxylation sites is 1. The molecule has 16 heavy (non-hydrogen) atoms. The van der Waals surface area contributed by atoms with E-state index in [1.54, 1.807) is 0 Å². The summed E-state index contributed by atoms with van der Waals surface area (Å²) in [6.07, 6.45) is 1.33. The van der Waals surface area contributed by atoms with Gasteiger partial charge >= 0.3 is 0 Å². The molecule has 0 aromatic heterocycles. The fraction of sp³-hybridized carbons (Fsp3) is 0.500. The SMILES string of the molecule is CN1C2CC1CN(c1cccc(N)c1N)C2. The molecule has 4 rings (SSSR count). The maximum absolute atomic E-state index is 6.03. The van der Waals surface area contributed by atoms with E-state index in [9.17, 15) is 0 Å². The Morgan fingerprint density at radius 3 is 2.50 bits per heavy atom. The number of nitrogen functional groups attached to an aromatic ring is 2. The van der Waals surface area contributed by atoms with Crippen molar-refractivity contribution in [3.63, 3.8) is 0 Å². The number of rotatable bonds is 1. The van der Waals surface area contributed by atoms with Gasteiger partial charge in [-0.2, -0.15) is 0 Å². The van der Waals surface area contributed by atoms with Crippen molar-refractivity contribution in [3.8, 4) is 0 Å². The standard InChI is InChI=1S/C12H18N4/c1-15-8-5-9(15)7-16(6-8)11-4-2-3-10(13)12(11)14/h2-4,8-9H,5-7,13-14H2,1H3. The highest BCUT2D eigenvalue weighted by molar-refractivity contribution is 5.79. The van der Waals surface area contributed by atoms with Crippen LogP contribution in [0.2, 0.25) is 0 Å². The Morgan fingerprint density at radius 2 is 1.88 bits per heavy atom. The van der Waals surface area contributed by atoms with Gasteiger partial charge in [0.2, 0.25) is 0 Å². The van der Waals surface area contributed by atoms with Gasteiger partial charge in [-0.15, -0.1) is 0 Å². The Bertz CT molecular complexity index is 405. The molecule has 0 saturated carbocycles. The first-order valence-electron chi connectivity index (χ1n) is 5.77. The number of benzene rings is 1. The summed E-state index contributed by atoms with van der Waals surface area (Å²) in [5, 5.41) is 0. The van der Waals surface area contributed by atoms with Gasteiger partial charge in [-0.1, -0.05) is 6.07 Å². The second-order valence-electron chi connectivity index (χ2n) is 4.89. The van der Waals surface area contributed by atoms with Crippen molar-refractivity contribution < 1.29 is 0 Å². The second-order valence-corrected chi connectivity index (χ2v) is 4.89. The van der Waals surface area contributed by atoms with Gasteiger partial charge < -0.3 is 16.4 Å². The Balaban J connectivity index is 1.86. The predicted molar refractivity (Wildman–Crippen MR) is 67.4 cm³/mol. The zero-order chi connectivity index (χ0) is 11.3. The van der Waals surface area contributed by atoms with Crippen LogP contribution in [0.25, 0.3) is 0 Å². The summed E-state index contributed by atoms with van der Waals surface area (Å²) in [6, 6.07) is 7.29. The molecule has 2 atom stereocenters. The first kappa shape index (κ1) is 9.78. The van der Waals surface area contributed by atoms with Crippen molar-refractivity contribution in [2.75, 3.05) is 36.5 Å². The van der Waals surface area contributed by atoms with Crippen LogP contribution in [-0.4, -0.2) is 37.1 Å². The zero-order valence-corrected chi connectivity index (χ0v) is 9.56. The van der Waals surface area contributed by atoms with Crippen molar-refractivity contribution in [2.24, 2.45) is 0 Å². The van der Waals surface area contributed by atoms with Crippen LogP contribution < -0.4 is 16.4 Å². The minimum atomic E-state index is 0.685. The average Bonchev–Trinajstić information content (AvgIpc) is 2.32. The molecule has 1 aromatic carbocycles. The number of hydrogen-bond donors (Lipinski definition) is 2. The van der Waals surface area contributed by atoms with Crippen LogP contribution in [0.15, 0.2) is 18.2 Å². The number of fused-ring (bicyclic) bond motifs is 2. The van der Waals surface area contributed by atoms with Gasteiger partial charge in [0.05, 0.1) is 17.1 Å². The van der Waals surface area contributed by atoms with E-state index in [1.807, 2.05) is 12.1 Å². The summed E-state index contributed by atoms with van der Waals surface area (Å²) in [5.74, 6) is 0. The Kier molecular flexibility index (Phi) is 2.01. The first-order valence-corrected chi connectivity index (χ1v) is 5.77. The molecule has 4 heteroatoms. The molecule has 3 saturated heterocycles. The van der Waals surface area contributed by atoms with Gasteiger partial charge in [0, 0.05) is 25.2 Å². The lowest BCUT2D eigenvalue weighted by molar-refractivity contribution is 0.0264. The fourth-order valence-electron chi connectivity index (χ4n) is 2.84. The van der Waals surface area contributed by atoms with Crippen molar-refractivity contribution in [1.82, 2.24) is 4.90 Å². The minimum Gasteiger partial charge on any atom is -0.397 e. The quantitative estimate of drug-likeness (QED) is 0.683. The van der Waals surface area contributed by atoms with Gasteiger partial charge in [-0.25, -0.2) is 0 Å². The third kappa shape index (κ3) is 1.26. The third-order valence-corrected chi connectivity index (χ3v) is 4.02. The smallest absolute Gasteiger partial charge is 0.0785 e. The lowest BCUT2D eigenvalue weighted by Crippen LogP contribution is -2.67. The van der Waals surface area contributed by atoms with Crippen LogP contribution in [-0.2, 0) is 0 Å². The monoisotopic (exact) mass is 218 g/mol. The molecule has 3 fully saturated rings. The number of nitrogens with zero attached hydrogens (tertiary/aromatic N) is 2. The van der Waals surface area contributed by atoms with E-state index in [0.29, 0.717) is 17.8 Å². The van der Waals surface area contributed by atoms with Crippen molar-refractivity contribution in [2.45, 2.75) is 18.5 Å². The molecule has 4 N–H and O–H groups in total. The summed E-state index contributed by atoms with van der Waals surface area (Å²) < 4.78 is 0. The predicted octanol–water partition coefficient (Wildman–Crippen LogP) is 0.744. The normalized spacial score (nSPS) is 28.9. The molecule has 1 aromatic rings. The Labute approximate surface area is 95.8 Å². The molecular weight excluding hydrogens is 200 g/mol. The fourth-order valence-corrected chi connectivity index (χ4v) is 2.84. The number of anilines is 3. The minimum absolute atomic E-state index is 0.685. The van der Waals surface area contributed by atoms with E-state index in [4.69, 9.17) is 11.5 Å². The third-order valence-electron chi connectivity index (χ3n) is 4.02. The number of nitrogens with two attached hydrogens (primary N) is 2. The van der Waals surface area contributed by atoms with Gasteiger partial charge in [0.15, 0.2) is 0 Å². The van der Waals surface area contributed by atoms with Crippen molar-refractivity contribution in [3.05, 3.63) is 18.2 Å². The average molecular weight is 218 g/mol. The maximum atomic E-state index is 6.03. The van der Waals surface area contributed by atoms with Crippen molar-refractivity contribution in [1.29, 1.82) is 0 Å². The molecule has 3 aliphatic heterocycles. The van der Waals surface area contributed by atoms with E-state index in [2.05, 4.69) is 22.9 Å². The van der Waals surface area contributed by atoms with Gasteiger partial charge in [-0.3, -0.25) is 4.90 Å². The molecule has 3 aliphatic rings. The summed E-state index contributed by atoms with van der Waals surface area (Å²) in [7, 11) is 2.21. The summed E-state index contributed by atoms with van der Waals surface area (Å²) >= 11 is 0. The number of piperazine rings is 1. The molecule has 86 valence electrons. The Hall–Kier alpha value is -1.42. The first-order chi connectivity index (χ1) is 7.66. The zero-order valence-electron chi connectivity index (χ0n) is 9.56. The number of piperidine rings is 1. The van der Waals surface area contributed by atoms with E-state index in [-0.39, 0.29) is 0 Å². The maximum Gasteiger partial charge on any atom is 0.0785 e. The summed E-state index contributed by atoms with van der Waals surface area (Å²) in [6.45, 7) is 2.14. The van der Waals surface area contributed by atoms with Gasteiger partial charge in [-0.05, 0) is 25.6 Å². The van der Waals surface area contributed by atoms with Gasteiger partial charge in [0.1, 0.15) is 0 Å². The molecule has 0 aliphatic carbocycles. The van der Waals surface area contributed by atoms with Crippen LogP contribution in [0.5, 0.6) is 0 Å². The molecule has 0 amide bonds. The van der Waals surface area contributed by atoms with Crippen LogP contribution in [0.3, 0.4) is 0 Å². The lowest BCUT2D eigenvalue weighted by atomic mass is 9.88. The van der Waals surface area contributed by atoms with Crippen LogP contribution in [0.4, 0.5) is 17.1 Å². The number of likely N-dealkylation sites (N-methyl/N-ethyl adjacent to an activating group) is 1. The molecular formula is C12H18N4. The highest BCUT2D eigenvalue weighted by Gasteiger charge is 2.42. The molecule has 0 radical (unpaired) electrons. The summed E-state index contributed by atoms with van der Waals surface area (Å²) in [4.78, 5) is 4.82. The van der Waals surface area contributed by atoms with E-state index in [1.165, 1.54) is 6.42 Å². The topological polar surface area (TPSA) is 58.5 Å². The largest absolute Gasteiger partial charge is 0.397 e. The van der Waals surface area contributed by atoms with Crippen molar-refractivity contribution >= 4 is 17.1 Å². The molecule has 2 unspecified atom stereocenters. The highest BCUT2D eigenvalue weighted by Crippen LogP contribution is 2.36. The van der Waals surface area contributed by atoms with E-state index < -0.39 is 0 Å². The summed E-state index contributed by atoms with van der Waals surface area (Å²) in [5.41, 5.74) is 14.4. The van der Waals surface area contributed by atoms with Gasteiger partial charge in [0.25, 0.3) is 0 Å². The van der Waals surface area contributed by atoms with Crippen LogP contribution >= 0.6 is 0 Å². The molecule has 0 spiro atoms. The lowest BCUT2D eigenvalue weighted by Gasteiger charge is -2.55. The number of hydrogen-bond acceptors (Lipinski definition) is 4. The van der Waals surface area contributed by atoms with Crippen LogP contribution in [0.1, 0.15) is 6.42 Å². The molecule has 2 bridgehead atoms.